The highest BCUT2D eigenvalue weighted by molar-refractivity contribution is 7.90. The molecule has 2 aliphatic carbocycles. The highest BCUT2D eigenvalue weighted by atomic mass is 35.5. The normalized spacial score (nSPS) is 26.2. The Hall–Kier alpha value is -2.13. The molecule has 1 heterocycles. The summed E-state index contributed by atoms with van der Waals surface area (Å²) < 4.78 is 27.8. The first-order valence-electron chi connectivity index (χ1n) is 14.0. The number of hydrogen-bond donors (Lipinski definition) is 1. The van der Waals surface area contributed by atoms with E-state index in [0.717, 1.165) is 24.0 Å². The molecular weight excluding hydrogens is 571 g/mol. The number of carboxylic acid groups (broad SMARTS) is 1. The van der Waals surface area contributed by atoms with Crippen molar-refractivity contribution in [3.63, 3.8) is 0 Å². The maximum Gasteiger partial charge on any atom is 0.304 e. The summed E-state index contributed by atoms with van der Waals surface area (Å²) in [5.41, 5.74) is 0.658. The van der Waals surface area contributed by atoms with Crippen molar-refractivity contribution in [2.45, 2.75) is 75.1 Å². The Kier molecular flexibility index (Phi) is 8.28. The molecule has 1 N–H and O–H groups in total. The summed E-state index contributed by atoms with van der Waals surface area (Å²) in [5, 5.41) is 10.7. The smallest absolute Gasteiger partial charge is 0.304 e. The van der Waals surface area contributed by atoms with Crippen molar-refractivity contribution in [3.8, 4) is 0 Å². The number of likely N-dealkylation sites (tertiary alicyclic amines) is 1. The second-order valence-corrected chi connectivity index (χ2v) is 14.9. The Morgan fingerprint density at radius 3 is 2.30 bits per heavy atom. The van der Waals surface area contributed by atoms with Crippen molar-refractivity contribution in [3.05, 3.63) is 69.7 Å². The van der Waals surface area contributed by atoms with Crippen molar-refractivity contribution >= 4 is 45.1 Å². The van der Waals surface area contributed by atoms with Gasteiger partial charge in [0, 0.05) is 35.6 Å². The van der Waals surface area contributed by atoms with Crippen LogP contribution in [-0.4, -0.2) is 59.5 Å². The Labute approximate surface area is 246 Å². The number of aliphatic carboxylic acids is 1. The van der Waals surface area contributed by atoms with Crippen molar-refractivity contribution in [1.29, 1.82) is 0 Å². The molecule has 5 rings (SSSR count). The van der Waals surface area contributed by atoms with Crippen LogP contribution in [0, 0.1) is 11.3 Å². The molecule has 3 fully saturated rings. The van der Waals surface area contributed by atoms with Gasteiger partial charge < -0.3 is 10.0 Å². The number of sulfonamides is 1. The van der Waals surface area contributed by atoms with E-state index in [1.165, 1.54) is 4.31 Å². The third-order valence-corrected chi connectivity index (χ3v) is 11.8. The van der Waals surface area contributed by atoms with Gasteiger partial charge in [-0.25, -0.2) is 12.7 Å². The lowest BCUT2D eigenvalue weighted by Crippen LogP contribution is -2.59. The highest BCUT2D eigenvalue weighted by Gasteiger charge is 2.56. The van der Waals surface area contributed by atoms with E-state index in [4.69, 9.17) is 23.2 Å². The largest absolute Gasteiger partial charge is 0.481 e. The predicted octanol–water partition coefficient (Wildman–Crippen LogP) is 6.12. The van der Waals surface area contributed by atoms with Gasteiger partial charge in [-0.05, 0) is 79.8 Å². The molecule has 1 amide bonds. The molecular formula is C30H36Cl2N2O5S. The highest BCUT2D eigenvalue weighted by Crippen LogP contribution is 2.55. The first-order chi connectivity index (χ1) is 19.0. The molecule has 1 aliphatic heterocycles. The lowest BCUT2D eigenvalue weighted by Gasteiger charge is -2.53. The van der Waals surface area contributed by atoms with Crippen LogP contribution in [0.25, 0.3) is 0 Å². The fourth-order valence-corrected chi connectivity index (χ4v) is 8.38. The number of benzene rings is 2. The first kappa shape index (κ1) is 29.4. The van der Waals surface area contributed by atoms with Crippen LogP contribution in [0.5, 0.6) is 0 Å². The van der Waals surface area contributed by atoms with E-state index >= 15 is 0 Å². The molecule has 4 atom stereocenters. The van der Waals surface area contributed by atoms with Gasteiger partial charge in [-0.15, -0.1) is 0 Å². The molecule has 0 aromatic heterocycles. The fourth-order valence-electron chi connectivity index (χ4n) is 6.45. The lowest BCUT2D eigenvalue weighted by atomic mass is 9.64. The number of nitrogens with zero attached hydrogens (tertiary/aromatic N) is 2. The number of carbonyl (C=O) groups excluding carboxylic acids is 1. The maximum absolute atomic E-state index is 14.7. The Morgan fingerprint density at radius 1 is 1.07 bits per heavy atom. The van der Waals surface area contributed by atoms with E-state index in [1.807, 2.05) is 42.2 Å². The zero-order valence-electron chi connectivity index (χ0n) is 22.8. The van der Waals surface area contributed by atoms with E-state index in [-0.39, 0.29) is 36.0 Å². The van der Waals surface area contributed by atoms with E-state index in [9.17, 15) is 23.1 Å². The van der Waals surface area contributed by atoms with E-state index in [0.29, 0.717) is 35.7 Å². The molecule has 3 aliphatic rings. The quantitative estimate of drug-likeness (QED) is 0.332. The maximum atomic E-state index is 14.7. The van der Waals surface area contributed by atoms with Crippen molar-refractivity contribution < 1.29 is 23.1 Å². The minimum Gasteiger partial charge on any atom is -0.481 e. The van der Waals surface area contributed by atoms with E-state index in [1.54, 1.807) is 25.2 Å². The summed E-state index contributed by atoms with van der Waals surface area (Å²) in [7, 11) is -1.86. The first-order valence-corrected chi connectivity index (χ1v) is 16.2. The summed E-state index contributed by atoms with van der Waals surface area (Å²) in [4.78, 5) is 28.7. The average molecular weight is 608 g/mol. The van der Waals surface area contributed by atoms with Crippen LogP contribution in [-0.2, 0) is 19.6 Å². The van der Waals surface area contributed by atoms with Crippen LogP contribution in [0.4, 0.5) is 0 Å². The van der Waals surface area contributed by atoms with Gasteiger partial charge in [-0.2, -0.15) is 0 Å². The van der Waals surface area contributed by atoms with Crippen molar-refractivity contribution in [2.75, 3.05) is 13.6 Å². The molecule has 2 saturated carbocycles. The molecule has 216 valence electrons. The number of rotatable bonds is 11. The standard InChI is InChI=1S/C30H36Cl2N2O5S/c1-3-30(17-27(35)36)16-25(21-5-4-6-23(32)15-21)28(20-9-11-22(31)12-10-20)34(29(30)37)26(19-7-8-19)18-33(2)40(38,39)24-13-14-24/h4-6,9-12,15,19,24-26,28H,3,7-8,13-14,16-18H2,1-2H3,(H,35,36)/t25-,26-,28-,30-/m1/s1. The summed E-state index contributed by atoms with van der Waals surface area (Å²) in [6, 6.07) is 14.1. The molecule has 2 aromatic carbocycles. The molecule has 2 aromatic rings. The molecule has 1 saturated heterocycles. The van der Waals surface area contributed by atoms with Crippen LogP contribution >= 0.6 is 23.2 Å². The van der Waals surface area contributed by atoms with Crippen LogP contribution in [0.2, 0.25) is 10.0 Å². The van der Waals surface area contributed by atoms with Gasteiger partial charge in [0.15, 0.2) is 0 Å². The molecule has 10 heteroatoms. The second kappa shape index (κ2) is 11.3. The van der Waals surface area contributed by atoms with Gasteiger partial charge >= 0.3 is 5.97 Å². The number of hydrogen-bond acceptors (Lipinski definition) is 4. The summed E-state index contributed by atoms with van der Waals surface area (Å²) in [6.07, 6.45) is 3.49. The van der Waals surface area contributed by atoms with Gasteiger partial charge in [0.05, 0.1) is 23.1 Å². The average Bonchev–Trinajstić information content (AvgIpc) is 3.82. The third kappa shape index (κ3) is 5.78. The minimum atomic E-state index is -3.47. The monoisotopic (exact) mass is 606 g/mol. The van der Waals surface area contributed by atoms with Crippen molar-refractivity contribution in [1.82, 2.24) is 9.21 Å². The molecule has 0 bridgehead atoms. The molecule has 0 radical (unpaired) electrons. The molecule has 0 unspecified atom stereocenters. The minimum absolute atomic E-state index is 0.132. The van der Waals surface area contributed by atoms with Crippen LogP contribution < -0.4 is 0 Å². The summed E-state index contributed by atoms with van der Waals surface area (Å²) >= 11 is 12.7. The van der Waals surface area contributed by atoms with Gasteiger partial charge in [-0.3, -0.25) is 9.59 Å². The zero-order chi connectivity index (χ0) is 28.8. The van der Waals surface area contributed by atoms with Gasteiger partial charge in [0.2, 0.25) is 15.9 Å². The van der Waals surface area contributed by atoms with Crippen molar-refractivity contribution in [2.24, 2.45) is 11.3 Å². The van der Waals surface area contributed by atoms with E-state index in [2.05, 4.69) is 0 Å². The number of piperidine rings is 1. The lowest BCUT2D eigenvalue weighted by molar-refractivity contribution is -0.163. The Bertz CT molecular complexity index is 1380. The van der Waals surface area contributed by atoms with Gasteiger partial charge in [-0.1, -0.05) is 54.4 Å². The topological polar surface area (TPSA) is 95.0 Å². The zero-order valence-corrected chi connectivity index (χ0v) is 25.1. The third-order valence-electron chi connectivity index (χ3n) is 8.98. The number of amides is 1. The molecule has 40 heavy (non-hydrogen) atoms. The number of likely N-dealkylation sites (N-methyl/N-ethyl adjacent to an activating group) is 1. The second-order valence-electron chi connectivity index (χ2n) is 11.7. The summed E-state index contributed by atoms with van der Waals surface area (Å²) in [5.74, 6) is -1.37. The Morgan fingerprint density at radius 2 is 1.75 bits per heavy atom. The van der Waals surface area contributed by atoms with E-state index < -0.39 is 33.5 Å². The van der Waals surface area contributed by atoms with Gasteiger partial charge in [0.25, 0.3) is 0 Å². The Balaban J connectivity index is 1.67. The fraction of sp³-hybridized carbons (Fsp3) is 0.533. The van der Waals surface area contributed by atoms with Gasteiger partial charge in [0.1, 0.15) is 0 Å². The van der Waals surface area contributed by atoms with Crippen LogP contribution in [0.1, 0.15) is 75.0 Å². The van der Waals surface area contributed by atoms with Crippen LogP contribution in [0.15, 0.2) is 48.5 Å². The number of halogens is 2. The SMILES string of the molecule is CC[C@]1(CC(=O)O)C[C@H](c2cccc(Cl)c2)[C@@H](c2ccc(Cl)cc2)N([C@H](CN(C)S(=O)(=O)C2CC2)C2CC2)C1=O. The summed E-state index contributed by atoms with van der Waals surface area (Å²) in [6.45, 7) is 2.04. The molecule has 7 nitrogen and oxygen atoms in total. The number of carboxylic acids is 1. The predicted molar refractivity (Wildman–Crippen MR) is 156 cm³/mol. The van der Waals surface area contributed by atoms with Crippen LogP contribution in [0.3, 0.4) is 0 Å². The number of carbonyl (C=O) groups is 2. The molecule has 0 spiro atoms.